The zero-order valence-electron chi connectivity index (χ0n) is 26.0. The van der Waals surface area contributed by atoms with Gasteiger partial charge in [0.25, 0.3) is 0 Å². The van der Waals surface area contributed by atoms with Gasteiger partial charge in [0.05, 0.1) is 6.61 Å². The van der Waals surface area contributed by atoms with E-state index in [0.717, 1.165) is 97.6 Å². The monoisotopic (exact) mass is 642 g/mol. The van der Waals surface area contributed by atoms with Crippen LogP contribution < -0.4 is 15.4 Å². The first kappa shape index (κ1) is 34.7. The van der Waals surface area contributed by atoms with E-state index in [2.05, 4.69) is 32.7 Å². The van der Waals surface area contributed by atoms with Gasteiger partial charge in [0.1, 0.15) is 17.4 Å². The molecule has 5 rings (SSSR count). The first-order valence-corrected chi connectivity index (χ1v) is 16.2. The number of unbranched alkanes of at least 4 members (excludes halogenated alkanes) is 2. The van der Waals surface area contributed by atoms with Gasteiger partial charge in [-0.1, -0.05) is 42.5 Å². The van der Waals surface area contributed by atoms with Gasteiger partial charge in [-0.15, -0.1) is 11.6 Å². The molecule has 0 amide bonds. The summed E-state index contributed by atoms with van der Waals surface area (Å²) in [7, 11) is 0. The first-order valence-electron chi connectivity index (χ1n) is 15.7. The number of rotatable bonds is 16. The summed E-state index contributed by atoms with van der Waals surface area (Å²) in [5.74, 6) is 1.18. The number of benzene rings is 3. The summed E-state index contributed by atoms with van der Waals surface area (Å²) in [4.78, 5) is 8.54. The Morgan fingerprint density at radius 3 is 1.57 bits per heavy atom. The predicted octanol–water partition coefficient (Wildman–Crippen LogP) is 8.83. The maximum atomic E-state index is 13.0. The number of hydrogen-bond acceptors (Lipinski definition) is 5. The van der Waals surface area contributed by atoms with E-state index in [0.29, 0.717) is 5.88 Å². The molecule has 46 heavy (non-hydrogen) atoms. The Balaban J connectivity index is 0.000000216. The van der Waals surface area contributed by atoms with E-state index in [1.165, 1.54) is 24.3 Å². The van der Waals surface area contributed by atoms with Gasteiger partial charge in [-0.3, -0.25) is 9.97 Å². The Morgan fingerprint density at radius 1 is 0.565 bits per heavy atom. The molecule has 0 fully saturated rings. The summed E-state index contributed by atoms with van der Waals surface area (Å²) in [6.07, 6.45) is 11.5. The van der Waals surface area contributed by atoms with Crippen LogP contribution in [-0.4, -0.2) is 35.5 Å². The first-order chi connectivity index (χ1) is 22.6. The smallest absolute Gasteiger partial charge is 0.123 e. The van der Waals surface area contributed by atoms with Crippen LogP contribution in [0.4, 0.5) is 8.78 Å². The molecular weight excluding hydrogens is 602 g/mol. The highest BCUT2D eigenvalue weighted by Crippen LogP contribution is 2.21. The number of halogens is 3. The lowest BCUT2D eigenvalue weighted by atomic mass is 10.1. The zero-order chi connectivity index (χ0) is 32.2. The largest absolute Gasteiger partial charge is 0.494 e. The molecule has 2 heterocycles. The Kier molecular flexibility index (Phi) is 15.1. The Hall–Kier alpha value is -4.17. The molecule has 0 aliphatic carbocycles. The lowest BCUT2D eigenvalue weighted by molar-refractivity contribution is 0.306. The van der Waals surface area contributed by atoms with Gasteiger partial charge in [-0.2, -0.15) is 0 Å². The number of pyridine rings is 2. The molecule has 5 nitrogen and oxygen atoms in total. The molecule has 2 aromatic heterocycles. The van der Waals surface area contributed by atoms with E-state index in [1.807, 2.05) is 42.7 Å². The minimum absolute atomic E-state index is 0.223. The van der Waals surface area contributed by atoms with Gasteiger partial charge in [0, 0.05) is 54.9 Å². The molecule has 0 unspecified atom stereocenters. The minimum atomic E-state index is -0.226. The Labute approximate surface area is 276 Å². The van der Waals surface area contributed by atoms with E-state index in [1.54, 1.807) is 36.7 Å². The van der Waals surface area contributed by atoms with Crippen molar-refractivity contribution >= 4 is 11.6 Å². The molecule has 3 aromatic carbocycles. The fourth-order valence-electron chi connectivity index (χ4n) is 4.64. The molecule has 0 atom stereocenters. The molecule has 0 spiro atoms. The van der Waals surface area contributed by atoms with Gasteiger partial charge in [-0.05, 0) is 110 Å². The number of para-hydroxylation sites is 1. The number of nitrogens with zero attached hydrogens (tertiary/aromatic N) is 2. The Morgan fingerprint density at radius 2 is 1.07 bits per heavy atom. The second-order valence-corrected chi connectivity index (χ2v) is 11.2. The van der Waals surface area contributed by atoms with Gasteiger partial charge in [-0.25, -0.2) is 8.78 Å². The van der Waals surface area contributed by atoms with Gasteiger partial charge in [0.2, 0.25) is 0 Å². The number of hydrogen-bond donors (Lipinski definition) is 2. The third-order valence-corrected chi connectivity index (χ3v) is 7.37. The number of ether oxygens (including phenoxy) is 1. The molecular formula is C38H41ClF2N4O. The topological polar surface area (TPSA) is 59.1 Å². The third kappa shape index (κ3) is 12.7. The van der Waals surface area contributed by atoms with Crippen molar-refractivity contribution in [3.05, 3.63) is 139 Å². The van der Waals surface area contributed by atoms with Crippen LogP contribution in [0.25, 0.3) is 22.3 Å². The Bertz CT molecular complexity index is 1550. The summed E-state index contributed by atoms with van der Waals surface area (Å²) in [5, 5.41) is 6.80. The van der Waals surface area contributed by atoms with Crippen LogP contribution in [0, 0.1) is 11.6 Å². The molecule has 240 valence electrons. The number of nitrogens with one attached hydrogen (secondary N) is 2. The second-order valence-electron chi connectivity index (χ2n) is 10.8. The summed E-state index contributed by atoms with van der Waals surface area (Å²) >= 11 is 5.63. The van der Waals surface area contributed by atoms with E-state index in [9.17, 15) is 8.78 Å². The van der Waals surface area contributed by atoms with Crippen LogP contribution >= 0.6 is 11.6 Å². The minimum Gasteiger partial charge on any atom is -0.494 e. The molecule has 0 bridgehead atoms. The molecule has 0 aliphatic rings. The van der Waals surface area contributed by atoms with E-state index in [4.69, 9.17) is 16.3 Å². The predicted molar refractivity (Wildman–Crippen MR) is 184 cm³/mol. The lowest BCUT2D eigenvalue weighted by Crippen LogP contribution is -2.15. The van der Waals surface area contributed by atoms with Crippen LogP contribution in [0.2, 0.25) is 0 Å². The van der Waals surface area contributed by atoms with Crippen molar-refractivity contribution in [2.24, 2.45) is 0 Å². The second kappa shape index (κ2) is 20.1. The molecule has 0 saturated heterocycles. The average molecular weight is 643 g/mol. The van der Waals surface area contributed by atoms with Gasteiger partial charge in [0.15, 0.2) is 0 Å². The average Bonchev–Trinajstić information content (AvgIpc) is 3.09. The fourth-order valence-corrected chi connectivity index (χ4v) is 4.83. The van der Waals surface area contributed by atoms with Crippen LogP contribution in [0.5, 0.6) is 5.75 Å². The van der Waals surface area contributed by atoms with E-state index in [-0.39, 0.29) is 11.6 Å². The molecule has 0 radical (unpaired) electrons. The maximum absolute atomic E-state index is 13.0. The van der Waals surface area contributed by atoms with Gasteiger partial charge < -0.3 is 15.4 Å². The van der Waals surface area contributed by atoms with Crippen molar-refractivity contribution in [2.75, 3.05) is 25.6 Å². The van der Waals surface area contributed by atoms with Crippen molar-refractivity contribution in [3.63, 3.8) is 0 Å². The molecule has 0 saturated carbocycles. The summed E-state index contributed by atoms with van der Waals surface area (Å²) in [6, 6.07) is 27.0. The SMILES string of the molecule is Fc1ccc(-c2cncc(CNCCCCCl)c2)cc1.Fc1ccc(-c2cncc(CNCCCCOc3ccccc3)c2)cc1. The van der Waals surface area contributed by atoms with Crippen molar-refractivity contribution in [1.82, 2.24) is 20.6 Å². The van der Waals surface area contributed by atoms with E-state index < -0.39 is 0 Å². The van der Waals surface area contributed by atoms with E-state index >= 15 is 0 Å². The van der Waals surface area contributed by atoms with Crippen molar-refractivity contribution in [2.45, 2.75) is 38.8 Å². The summed E-state index contributed by atoms with van der Waals surface area (Å²) in [6.45, 7) is 4.16. The molecule has 8 heteroatoms. The summed E-state index contributed by atoms with van der Waals surface area (Å²) in [5.41, 5.74) is 6.19. The van der Waals surface area contributed by atoms with Crippen LogP contribution in [0.15, 0.2) is 116 Å². The number of alkyl halides is 1. The molecule has 2 N–H and O–H groups in total. The lowest BCUT2D eigenvalue weighted by Gasteiger charge is -2.08. The zero-order valence-corrected chi connectivity index (χ0v) is 26.7. The van der Waals surface area contributed by atoms with Crippen LogP contribution in [0.1, 0.15) is 36.8 Å². The van der Waals surface area contributed by atoms with Crippen molar-refractivity contribution in [3.8, 4) is 28.0 Å². The number of aromatic nitrogens is 2. The highest BCUT2D eigenvalue weighted by Gasteiger charge is 2.03. The molecule has 5 aromatic rings. The summed E-state index contributed by atoms with van der Waals surface area (Å²) < 4.78 is 31.6. The highest BCUT2D eigenvalue weighted by atomic mass is 35.5. The third-order valence-electron chi connectivity index (χ3n) is 7.10. The van der Waals surface area contributed by atoms with Gasteiger partial charge >= 0.3 is 0 Å². The maximum Gasteiger partial charge on any atom is 0.123 e. The van der Waals surface area contributed by atoms with Crippen molar-refractivity contribution < 1.29 is 13.5 Å². The highest BCUT2D eigenvalue weighted by molar-refractivity contribution is 6.17. The quantitative estimate of drug-likeness (QED) is 0.0832. The standard InChI is InChI=1S/C22H23FN2O.C16H18ClFN2/c23-21-10-8-19(9-11-21)20-14-18(16-25-17-20)15-24-12-4-5-13-26-22-6-2-1-3-7-22;17-7-1-2-8-19-10-13-9-15(12-20-11-13)14-3-5-16(18)6-4-14/h1-3,6-11,14,16-17,24H,4-5,12-13,15H2;3-6,9,11-12,19H,1-2,7-8,10H2. The van der Waals surface area contributed by atoms with Crippen LogP contribution in [0.3, 0.4) is 0 Å². The van der Waals surface area contributed by atoms with Crippen LogP contribution in [-0.2, 0) is 13.1 Å². The molecule has 0 aliphatic heterocycles. The fraction of sp³-hybridized carbons (Fsp3) is 0.263. The normalized spacial score (nSPS) is 10.7. The van der Waals surface area contributed by atoms with Crippen molar-refractivity contribution in [1.29, 1.82) is 0 Å².